The van der Waals surface area contributed by atoms with Gasteiger partial charge in [-0.05, 0) is 24.3 Å². The highest BCUT2D eigenvalue weighted by Gasteiger charge is 2.30. The van der Waals surface area contributed by atoms with E-state index >= 15 is 0 Å². The Hall–Kier alpha value is -1.19. The Kier molecular flexibility index (Phi) is 1.76. The van der Waals surface area contributed by atoms with Crippen molar-refractivity contribution in [2.24, 2.45) is 0 Å². The molecule has 1 aromatic rings. The molecular formula is C7H4F3O. The van der Waals surface area contributed by atoms with Crippen LogP contribution in [0.5, 0.6) is 5.75 Å². The summed E-state index contributed by atoms with van der Waals surface area (Å²) >= 11 is 0. The van der Waals surface area contributed by atoms with Crippen molar-refractivity contribution in [2.45, 2.75) is 6.18 Å². The molecule has 1 aromatic carbocycles. The number of phenolic OH excluding ortho intramolecular Hbond substituents is 1. The van der Waals surface area contributed by atoms with Gasteiger partial charge in [0.15, 0.2) is 0 Å². The van der Waals surface area contributed by atoms with E-state index in [0.29, 0.717) is 6.07 Å². The van der Waals surface area contributed by atoms with Gasteiger partial charge in [-0.15, -0.1) is 0 Å². The molecule has 0 aliphatic rings. The third-order valence-corrected chi connectivity index (χ3v) is 1.10. The molecule has 0 bridgehead atoms. The highest BCUT2D eigenvalue weighted by Crippen LogP contribution is 2.30. The second-order valence-corrected chi connectivity index (χ2v) is 1.98. The molecule has 0 atom stereocenters. The van der Waals surface area contributed by atoms with Gasteiger partial charge >= 0.3 is 6.18 Å². The van der Waals surface area contributed by atoms with Gasteiger partial charge in [0.2, 0.25) is 0 Å². The van der Waals surface area contributed by atoms with Gasteiger partial charge in [-0.2, -0.15) is 13.2 Å². The zero-order valence-electron chi connectivity index (χ0n) is 5.31. The molecule has 0 amide bonds. The van der Waals surface area contributed by atoms with Gasteiger partial charge < -0.3 is 5.11 Å². The van der Waals surface area contributed by atoms with E-state index in [4.69, 9.17) is 5.11 Å². The van der Waals surface area contributed by atoms with Gasteiger partial charge in [-0.25, -0.2) is 0 Å². The highest BCUT2D eigenvalue weighted by molar-refractivity contribution is 5.27. The van der Waals surface area contributed by atoms with E-state index in [9.17, 15) is 13.2 Å². The van der Waals surface area contributed by atoms with Crippen LogP contribution in [0.25, 0.3) is 0 Å². The smallest absolute Gasteiger partial charge is 0.416 e. The van der Waals surface area contributed by atoms with Crippen molar-refractivity contribution in [3.8, 4) is 5.75 Å². The average molecular weight is 161 g/mol. The molecule has 0 saturated heterocycles. The molecular weight excluding hydrogens is 157 g/mol. The summed E-state index contributed by atoms with van der Waals surface area (Å²) in [5.41, 5.74) is -0.891. The lowest BCUT2D eigenvalue weighted by atomic mass is 10.2. The maximum atomic E-state index is 11.8. The van der Waals surface area contributed by atoms with Crippen LogP contribution in [0.1, 0.15) is 5.56 Å². The van der Waals surface area contributed by atoms with E-state index in [-0.39, 0.29) is 0 Å². The van der Waals surface area contributed by atoms with Gasteiger partial charge in [0.25, 0.3) is 0 Å². The zero-order chi connectivity index (χ0) is 8.48. The number of alkyl halides is 3. The molecule has 1 rings (SSSR count). The van der Waals surface area contributed by atoms with Crippen molar-refractivity contribution in [1.29, 1.82) is 0 Å². The van der Waals surface area contributed by atoms with Crippen LogP contribution in [0.3, 0.4) is 0 Å². The lowest BCUT2D eigenvalue weighted by molar-refractivity contribution is -0.137. The summed E-state index contributed by atoms with van der Waals surface area (Å²) in [6.45, 7) is 0. The van der Waals surface area contributed by atoms with Crippen molar-refractivity contribution in [3.63, 3.8) is 0 Å². The fourth-order valence-corrected chi connectivity index (χ4v) is 0.623. The standard InChI is InChI=1S/C7H4F3O/c8-7(9,10)5-2-1-3-6(11)4-5/h2-4,11H. The van der Waals surface area contributed by atoms with E-state index in [0.717, 1.165) is 12.1 Å². The second-order valence-electron chi connectivity index (χ2n) is 1.98. The van der Waals surface area contributed by atoms with Crippen LogP contribution in [0.4, 0.5) is 13.2 Å². The van der Waals surface area contributed by atoms with Crippen LogP contribution in [0.15, 0.2) is 18.2 Å². The molecule has 11 heavy (non-hydrogen) atoms. The van der Waals surface area contributed by atoms with E-state index in [1.165, 1.54) is 0 Å². The number of halogens is 3. The van der Waals surface area contributed by atoms with E-state index in [1.807, 2.05) is 0 Å². The molecule has 1 nitrogen and oxygen atoms in total. The Morgan fingerprint density at radius 1 is 1.27 bits per heavy atom. The largest absolute Gasteiger partial charge is 0.508 e. The average Bonchev–Trinajstić information content (AvgIpc) is 1.86. The minimum absolute atomic E-state index is 0.431. The first-order valence-corrected chi connectivity index (χ1v) is 2.77. The summed E-state index contributed by atoms with van der Waals surface area (Å²) in [4.78, 5) is 0. The van der Waals surface area contributed by atoms with Gasteiger partial charge in [-0.3, -0.25) is 0 Å². The van der Waals surface area contributed by atoms with Crippen LogP contribution in [0, 0.1) is 6.07 Å². The van der Waals surface area contributed by atoms with E-state index < -0.39 is 17.5 Å². The number of benzene rings is 1. The molecule has 1 radical (unpaired) electrons. The minimum atomic E-state index is -4.41. The number of rotatable bonds is 0. The van der Waals surface area contributed by atoms with Gasteiger partial charge in [0, 0.05) is 0 Å². The molecule has 59 valence electrons. The number of hydrogen-bond donors (Lipinski definition) is 1. The van der Waals surface area contributed by atoms with Gasteiger partial charge in [-0.1, -0.05) is 0 Å². The van der Waals surface area contributed by atoms with Crippen molar-refractivity contribution in [1.82, 2.24) is 0 Å². The third kappa shape index (κ3) is 1.86. The predicted octanol–water partition coefficient (Wildman–Crippen LogP) is 2.21. The molecule has 0 unspecified atom stereocenters. The third-order valence-electron chi connectivity index (χ3n) is 1.10. The Bertz CT molecular complexity index is 254. The lowest BCUT2D eigenvalue weighted by Gasteiger charge is -2.04. The molecule has 0 aliphatic carbocycles. The van der Waals surface area contributed by atoms with Crippen LogP contribution in [0.2, 0.25) is 0 Å². The van der Waals surface area contributed by atoms with E-state index in [1.54, 1.807) is 0 Å². The molecule has 1 N–H and O–H groups in total. The SMILES string of the molecule is Oc1c[c]cc(C(F)(F)F)c1. The molecule has 0 aliphatic heterocycles. The summed E-state index contributed by atoms with van der Waals surface area (Å²) in [7, 11) is 0. The molecule has 0 saturated carbocycles. The lowest BCUT2D eigenvalue weighted by Crippen LogP contribution is -2.03. The maximum Gasteiger partial charge on any atom is 0.416 e. The normalized spacial score (nSPS) is 11.5. The van der Waals surface area contributed by atoms with Gasteiger partial charge in [0.1, 0.15) is 5.75 Å². The van der Waals surface area contributed by atoms with Crippen LogP contribution in [-0.2, 0) is 6.18 Å². The monoisotopic (exact) mass is 161 g/mol. The van der Waals surface area contributed by atoms with Crippen molar-refractivity contribution in [2.75, 3.05) is 0 Å². The second kappa shape index (κ2) is 2.45. The number of phenols is 1. The summed E-state index contributed by atoms with van der Waals surface area (Å²) in [6, 6.07) is 4.66. The summed E-state index contributed by atoms with van der Waals surface area (Å²) in [5.74, 6) is -0.431. The molecule has 0 aromatic heterocycles. The first-order valence-electron chi connectivity index (χ1n) is 2.77. The topological polar surface area (TPSA) is 20.2 Å². The Balaban J connectivity index is 3.06. The minimum Gasteiger partial charge on any atom is -0.508 e. The number of aromatic hydroxyl groups is 1. The zero-order valence-corrected chi connectivity index (χ0v) is 5.31. The molecule has 0 fully saturated rings. The van der Waals surface area contributed by atoms with E-state index in [2.05, 4.69) is 6.07 Å². The van der Waals surface area contributed by atoms with Crippen LogP contribution < -0.4 is 0 Å². The molecule has 4 heteroatoms. The van der Waals surface area contributed by atoms with Gasteiger partial charge in [0.05, 0.1) is 5.56 Å². The Morgan fingerprint density at radius 3 is 2.27 bits per heavy atom. The molecule has 0 spiro atoms. The molecule has 0 heterocycles. The van der Waals surface area contributed by atoms with Crippen molar-refractivity contribution < 1.29 is 18.3 Å². The fraction of sp³-hybridized carbons (Fsp3) is 0.143. The quantitative estimate of drug-likeness (QED) is 0.618. The number of hydrogen-bond acceptors (Lipinski definition) is 1. The summed E-state index contributed by atoms with van der Waals surface area (Å²) in [5, 5.41) is 8.65. The highest BCUT2D eigenvalue weighted by atomic mass is 19.4. The predicted molar refractivity (Wildman–Crippen MR) is 31.9 cm³/mol. The Labute approximate surface area is 61.1 Å². The van der Waals surface area contributed by atoms with Crippen molar-refractivity contribution in [3.05, 3.63) is 29.8 Å². The first kappa shape index (κ1) is 7.91. The fourth-order valence-electron chi connectivity index (χ4n) is 0.623. The van der Waals surface area contributed by atoms with Crippen LogP contribution in [-0.4, -0.2) is 5.11 Å². The van der Waals surface area contributed by atoms with Crippen molar-refractivity contribution >= 4 is 0 Å². The van der Waals surface area contributed by atoms with Crippen LogP contribution >= 0.6 is 0 Å². The maximum absolute atomic E-state index is 11.8. The Morgan fingerprint density at radius 2 is 1.91 bits per heavy atom. The summed E-state index contributed by atoms with van der Waals surface area (Å²) in [6.07, 6.45) is -4.41. The first-order chi connectivity index (χ1) is 5.00. The summed E-state index contributed by atoms with van der Waals surface area (Å²) < 4.78 is 35.5.